The van der Waals surface area contributed by atoms with E-state index in [-0.39, 0.29) is 0 Å². The van der Waals surface area contributed by atoms with Gasteiger partial charge in [-0.05, 0) is 12.8 Å². The van der Waals surface area contributed by atoms with Crippen LogP contribution in [0.15, 0.2) is 0 Å². The van der Waals surface area contributed by atoms with Crippen molar-refractivity contribution in [3.8, 4) is 0 Å². The van der Waals surface area contributed by atoms with Gasteiger partial charge in [0.1, 0.15) is 0 Å². The molecule has 0 saturated carbocycles. The second kappa shape index (κ2) is 12.4. The summed E-state index contributed by atoms with van der Waals surface area (Å²) in [7, 11) is 3.12. The van der Waals surface area contributed by atoms with Gasteiger partial charge in [0.2, 0.25) is 0 Å². The number of unbranched alkanes of at least 4 members (excludes halogenated alkanes) is 7. The number of ether oxygens (including phenoxy) is 2. The molecule has 2 N–H and O–H groups in total. The van der Waals surface area contributed by atoms with Crippen LogP contribution in [0.4, 0.5) is 0 Å². The van der Waals surface area contributed by atoms with Crippen molar-refractivity contribution < 1.29 is 9.47 Å². The van der Waals surface area contributed by atoms with E-state index in [1.165, 1.54) is 38.5 Å². The molecule has 0 spiro atoms. The summed E-state index contributed by atoms with van der Waals surface area (Å²) >= 11 is 0. The van der Waals surface area contributed by atoms with Crippen molar-refractivity contribution in [3.63, 3.8) is 0 Å². The third-order valence-electron chi connectivity index (χ3n) is 3.05. The highest BCUT2D eigenvalue weighted by molar-refractivity contribution is 5.72. The summed E-state index contributed by atoms with van der Waals surface area (Å²) in [5.74, 6) is 0.797. The van der Waals surface area contributed by atoms with Gasteiger partial charge < -0.3 is 9.47 Å². The molecule has 0 aliphatic carbocycles. The second-order valence-corrected chi connectivity index (χ2v) is 4.58. The van der Waals surface area contributed by atoms with Gasteiger partial charge in [0, 0.05) is 12.8 Å². The summed E-state index contributed by atoms with van der Waals surface area (Å²) in [6.07, 6.45) is 11.1. The first kappa shape index (κ1) is 16.9. The molecule has 0 bridgehead atoms. The number of hydrogen-bond donors (Lipinski definition) is 2. The van der Waals surface area contributed by atoms with Gasteiger partial charge in [-0.25, -0.2) is 0 Å². The van der Waals surface area contributed by atoms with Crippen LogP contribution in [0.3, 0.4) is 0 Å². The van der Waals surface area contributed by atoms with Crippen molar-refractivity contribution in [2.24, 2.45) is 0 Å². The topological polar surface area (TPSA) is 66.2 Å². The van der Waals surface area contributed by atoms with Crippen molar-refractivity contribution in [2.75, 3.05) is 14.2 Å². The fourth-order valence-electron chi connectivity index (χ4n) is 1.84. The number of nitrogens with one attached hydrogen (secondary N) is 2. The summed E-state index contributed by atoms with van der Waals surface area (Å²) in [5, 5.41) is 14.7. The van der Waals surface area contributed by atoms with Crippen LogP contribution in [0, 0.1) is 10.8 Å². The van der Waals surface area contributed by atoms with E-state index < -0.39 is 0 Å². The fourth-order valence-corrected chi connectivity index (χ4v) is 1.84. The monoisotopic (exact) mass is 256 g/mol. The molecule has 4 heteroatoms. The second-order valence-electron chi connectivity index (χ2n) is 4.58. The lowest BCUT2D eigenvalue weighted by molar-refractivity contribution is 0.381. The third kappa shape index (κ3) is 11.4. The Labute approximate surface area is 111 Å². The van der Waals surface area contributed by atoms with E-state index in [9.17, 15) is 0 Å². The van der Waals surface area contributed by atoms with Gasteiger partial charge >= 0.3 is 0 Å². The number of rotatable bonds is 11. The molecule has 0 radical (unpaired) electrons. The van der Waals surface area contributed by atoms with E-state index in [4.69, 9.17) is 20.3 Å². The van der Waals surface area contributed by atoms with Crippen LogP contribution < -0.4 is 0 Å². The largest absolute Gasteiger partial charge is 0.484 e. The molecule has 0 fully saturated rings. The molecule has 0 aromatic heterocycles. The molecule has 0 aliphatic heterocycles. The zero-order valence-electron chi connectivity index (χ0n) is 11.9. The Morgan fingerprint density at radius 1 is 0.611 bits per heavy atom. The Kier molecular flexibility index (Phi) is 11.7. The lowest BCUT2D eigenvalue weighted by Gasteiger charge is -2.04. The van der Waals surface area contributed by atoms with Crippen LogP contribution in [-0.2, 0) is 9.47 Å². The maximum Gasteiger partial charge on any atom is 0.180 e. The highest BCUT2D eigenvalue weighted by atomic mass is 16.5. The Balaban J connectivity index is 3.07. The lowest BCUT2D eigenvalue weighted by Crippen LogP contribution is -1.98. The minimum Gasteiger partial charge on any atom is -0.484 e. The zero-order chi connectivity index (χ0) is 13.6. The zero-order valence-corrected chi connectivity index (χ0v) is 11.9. The maximum atomic E-state index is 7.33. The van der Waals surface area contributed by atoms with Crippen LogP contribution in [0.25, 0.3) is 0 Å². The van der Waals surface area contributed by atoms with E-state index in [0.29, 0.717) is 11.8 Å². The van der Waals surface area contributed by atoms with Gasteiger partial charge in [-0.3, -0.25) is 10.8 Å². The minimum absolute atomic E-state index is 0.399. The van der Waals surface area contributed by atoms with Crippen LogP contribution >= 0.6 is 0 Å². The van der Waals surface area contributed by atoms with Gasteiger partial charge in [-0.15, -0.1) is 0 Å². The average Bonchev–Trinajstić information content (AvgIpc) is 2.40. The summed E-state index contributed by atoms with van der Waals surface area (Å²) in [4.78, 5) is 0. The van der Waals surface area contributed by atoms with Gasteiger partial charge in [0.15, 0.2) is 11.8 Å². The van der Waals surface area contributed by atoms with Crippen molar-refractivity contribution in [2.45, 2.75) is 64.2 Å². The Bertz CT molecular complexity index is 206. The van der Waals surface area contributed by atoms with Gasteiger partial charge in [-0.1, -0.05) is 38.5 Å². The standard InChI is InChI=1S/C14H28N2O2/c1-17-13(15)11-9-7-5-3-4-6-8-10-12-14(16)18-2/h15-16H,3-12H2,1-2H3. The molecular weight excluding hydrogens is 228 g/mol. The quantitative estimate of drug-likeness (QED) is 0.331. The molecule has 0 aromatic rings. The predicted molar refractivity (Wildman–Crippen MR) is 75.6 cm³/mol. The molecule has 0 atom stereocenters. The van der Waals surface area contributed by atoms with Gasteiger partial charge in [0.05, 0.1) is 14.2 Å². The minimum atomic E-state index is 0.399. The lowest BCUT2D eigenvalue weighted by atomic mass is 10.1. The summed E-state index contributed by atoms with van der Waals surface area (Å²) < 4.78 is 9.61. The van der Waals surface area contributed by atoms with E-state index in [1.807, 2.05) is 0 Å². The molecular formula is C14H28N2O2. The van der Waals surface area contributed by atoms with Crippen LogP contribution in [0.1, 0.15) is 64.2 Å². The Morgan fingerprint density at radius 2 is 0.889 bits per heavy atom. The molecule has 0 unspecified atom stereocenters. The van der Waals surface area contributed by atoms with Crippen LogP contribution in [-0.4, -0.2) is 26.0 Å². The number of hydrogen-bond acceptors (Lipinski definition) is 4. The van der Waals surface area contributed by atoms with Gasteiger partial charge in [0.25, 0.3) is 0 Å². The van der Waals surface area contributed by atoms with E-state index >= 15 is 0 Å². The first-order chi connectivity index (χ1) is 8.70. The molecule has 0 saturated heterocycles. The van der Waals surface area contributed by atoms with Gasteiger partial charge in [-0.2, -0.15) is 0 Å². The predicted octanol–water partition coefficient (Wildman–Crippen LogP) is 4.13. The van der Waals surface area contributed by atoms with Crippen LogP contribution in [0.5, 0.6) is 0 Å². The SMILES string of the molecule is COC(=N)CCCCCCCCCCC(=N)OC. The molecule has 0 rings (SSSR count). The van der Waals surface area contributed by atoms with Crippen molar-refractivity contribution in [3.05, 3.63) is 0 Å². The normalized spacial score (nSPS) is 10.1. The average molecular weight is 256 g/mol. The van der Waals surface area contributed by atoms with Crippen molar-refractivity contribution >= 4 is 11.8 Å². The van der Waals surface area contributed by atoms with Crippen LogP contribution in [0.2, 0.25) is 0 Å². The Morgan fingerprint density at radius 3 is 1.17 bits per heavy atom. The van der Waals surface area contributed by atoms with E-state index in [0.717, 1.165) is 25.7 Å². The highest BCUT2D eigenvalue weighted by Gasteiger charge is 1.97. The van der Waals surface area contributed by atoms with E-state index in [2.05, 4.69) is 0 Å². The third-order valence-corrected chi connectivity index (χ3v) is 3.05. The maximum absolute atomic E-state index is 7.33. The fraction of sp³-hybridized carbons (Fsp3) is 0.857. The first-order valence-corrected chi connectivity index (χ1v) is 6.93. The molecule has 106 valence electrons. The van der Waals surface area contributed by atoms with E-state index in [1.54, 1.807) is 14.2 Å². The molecule has 0 aliphatic rings. The molecule has 18 heavy (non-hydrogen) atoms. The smallest absolute Gasteiger partial charge is 0.180 e. The Hall–Kier alpha value is -1.06. The number of methoxy groups -OCH3 is 2. The molecule has 0 aromatic carbocycles. The molecule has 0 heterocycles. The molecule has 4 nitrogen and oxygen atoms in total. The van der Waals surface area contributed by atoms with Crippen molar-refractivity contribution in [1.29, 1.82) is 10.8 Å². The molecule has 0 amide bonds. The summed E-state index contributed by atoms with van der Waals surface area (Å²) in [6, 6.07) is 0. The first-order valence-electron chi connectivity index (χ1n) is 6.93. The highest BCUT2D eigenvalue weighted by Crippen LogP contribution is 2.11. The summed E-state index contributed by atoms with van der Waals surface area (Å²) in [6.45, 7) is 0. The van der Waals surface area contributed by atoms with Crippen molar-refractivity contribution in [1.82, 2.24) is 0 Å². The summed E-state index contributed by atoms with van der Waals surface area (Å²) in [5.41, 5.74) is 0.